The largest absolute Gasteiger partial charge is 0.488 e. The molecule has 2 saturated heterocycles. The fraction of sp³-hybridized carbons (Fsp3) is 0.429. The fourth-order valence-corrected chi connectivity index (χ4v) is 5.16. The Balaban J connectivity index is 1.36. The van der Waals surface area contributed by atoms with E-state index in [2.05, 4.69) is 25.6 Å². The minimum absolute atomic E-state index is 0.00973. The van der Waals surface area contributed by atoms with Gasteiger partial charge in [0.25, 0.3) is 5.91 Å². The summed E-state index contributed by atoms with van der Waals surface area (Å²) in [5, 5.41) is 15.7. The summed E-state index contributed by atoms with van der Waals surface area (Å²) in [7, 11) is 0. The van der Waals surface area contributed by atoms with E-state index < -0.39 is 28.3 Å². The number of piperidine rings is 1. The van der Waals surface area contributed by atoms with Crippen LogP contribution in [0, 0.1) is 0 Å². The Morgan fingerprint density at radius 1 is 1.24 bits per heavy atom. The van der Waals surface area contributed by atoms with Gasteiger partial charge >= 0.3 is 6.18 Å². The van der Waals surface area contributed by atoms with E-state index in [1.54, 1.807) is 35.4 Å². The van der Waals surface area contributed by atoms with Gasteiger partial charge < -0.3 is 30.1 Å². The van der Waals surface area contributed by atoms with Crippen LogP contribution in [0.1, 0.15) is 35.8 Å². The molecule has 0 aromatic carbocycles. The third-order valence-electron chi connectivity index (χ3n) is 7.13. The van der Waals surface area contributed by atoms with Crippen LogP contribution in [0.4, 0.5) is 18.9 Å². The van der Waals surface area contributed by atoms with Gasteiger partial charge in [0.2, 0.25) is 5.88 Å². The molecule has 10 nitrogen and oxygen atoms in total. The van der Waals surface area contributed by atoms with E-state index in [1.165, 1.54) is 6.20 Å². The summed E-state index contributed by atoms with van der Waals surface area (Å²) in [5.74, 6) is 0.0467. The van der Waals surface area contributed by atoms with Crippen molar-refractivity contribution in [3.63, 3.8) is 0 Å². The van der Waals surface area contributed by atoms with Crippen LogP contribution in [0.15, 0.2) is 42.9 Å². The maximum atomic E-state index is 13.7. The highest BCUT2D eigenvalue weighted by molar-refractivity contribution is 6.31. The Kier molecular flexibility index (Phi) is 8.71. The van der Waals surface area contributed by atoms with E-state index >= 15 is 0 Å². The summed E-state index contributed by atoms with van der Waals surface area (Å²) in [5.41, 5.74) is -0.999. The van der Waals surface area contributed by atoms with Gasteiger partial charge in [-0.25, -0.2) is 9.97 Å². The molecule has 3 aromatic rings. The Morgan fingerprint density at radius 2 is 2.00 bits per heavy atom. The van der Waals surface area contributed by atoms with E-state index in [1.807, 2.05) is 6.92 Å². The molecule has 5 rings (SSSR count). The first-order chi connectivity index (χ1) is 20.1. The highest BCUT2D eigenvalue weighted by Crippen LogP contribution is 2.41. The number of nitrogens with zero attached hydrogens (tertiary/aromatic N) is 4. The van der Waals surface area contributed by atoms with E-state index in [0.29, 0.717) is 49.7 Å². The number of aromatic nitrogens is 3. The molecule has 0 unspecified atom stereocenters. The quantitative estimate of drug-likeness (QED) is 0.335. The molecule has 0 radical (unpaired) electrons. The Labute approximate surface area is 245 Å². The summed E-state index contributed by atoms with van der Waals surface area (Å²) in [6, 6.07) is 6.84. The molecule has 2 aliphatic heterocycles. The molecule has 0 bridgehead atoms. The number of alkyl halides is 3. The SMILES string of the molecule is CCOc1ncccc1-c1ccc(OC2CCN(c3cncc(Cl)c3C(F)(F)F)CC2)c(C(=O)NCC2(O)CNC2)n1. The second kappa shape index (κ2) is 12.3. The first kappa shape index (κ1) is 29.8. The summed E-state index contributed by atoms with van der Waals surface area (Å²) >= 11 is 5.86. The van der Waals surface area contributed by atoms with Crippen molar-refractivity contribution in [1.29, 1.82) is 0 Å². The highest BCUT2D eigenvalue weighted by atomic mass is 35.5. The number of hydrogen-bond donors (Lipinski definition) is 3. The number of carbonyl (C=O) groups excluding carboxylic acids is 1. The van der Waals surface area contributed by atoms with Gasteiger partial charge in [0.1, 0.15) is 17.3 Å². The average molecular weight is 607 g/mol. The maximum Gasteiger partial charge on any atom is 0.419 e. The zero-order chi connectivity index (χ0) is 29.9. The van der Waals surface area contributed by atoms with Crippen LogP contribution in [0.5, 0.6) is 11.6 Å². The molecule has 224 valence electrons. The van der Waals surface area contributed by atoms with Gasteiger partial charge in [0.15, 0.2) is 11.4 Å². The van der Waals surface area contributed by atoms with Crippen molar-refractivity contribution >= 4 is 23.2 Å². The van der Waals surface area contributed by atoms with Crippen LogP contribution >= 0.6 is 11.6 Å². The molecule has 0 aliphatic carbocycles. The third-order valence-corrected chi connectivity index (χ3v) is 7.41. The van der Waals surface area contributed by atoms with Gasteiger partial charge in [0, 0.05) is 58.0 Å². The lowest BCUT2D eigenvalue weighted by atomic mass is 9.97. The van der Waals surface area contributed by atoms with Gasteiger partial charge in [-0.1, -0.05) is 11.6 Å². The molecule has 2 fully saturated rings. The molecular formula is C28H30ClF3N6O4. The first-order valence-electron chi connectivity index (χ1n) is 13.5. The summed E-state index contributed by atoms with van der Waals surface area (Å²) in [6.07, 6.45) is -0.505. The van der Waals surface area contributed by atoms with E-state index in [0.717, 1.165) is 6.20 Å². The van der Waals surface area contributed by atoms with Crippen molar-refractivity contribution < 1.29 is 32.5 Å². The van der Waals surface area contributed by atoms with Crippen molar-refractivity contribution in [3.05, 3.63) is 59.1 Å². The van der Waals surface area contributed by atoms with Crippen LogP contribution in [0.2, 0.25) is 5.02 Å². The number of carbonyl (C=O) groups is 1. The third kappa shape index (κ3) is 6.53. The van der Waals surface area contributed by atoms with Crippen LogP contribution < -0.4 is 25.0 Å². The zero-order valence-electron chi connectivity index (χ0n) is 22.7. The van der Waals surface area contributed by atoms with Crippen molar-refractivity contribution in [2.45, 2.75) is 37.6 Å². The number of amides is 1. The topological polar surface area (TPSA) is 122 Å². The molecule has 0 atom stereocenters. The second-order valence-electron chi connectivity index (χ2n) is 10.2. The first-order valence-corrected chi connectivity index (χ1v) is 13.9. The summed E-state index contributed by atoms with van der Waals surface area (Å²) in [6.45, 7) is 3.48. The Bertz CT molecular complexity index is 1430. The minimum atomic E-state index is -4.63. The van der Waals surface area contributed by atoms with Crippen LogP contribution in [0.3, 0.4) is 0 Å². The fourth-order valence-electron chi connectivity index (χ4n) is 4.90. The zero-order valence-corrected chi connectivity index (χ0v) is 23.5. The maximum absolute atomic E-state index is 13.7. The second-order valence-corrected chi connectivity index (χ2v) is 10.6. The Morgan fingerprint density at radius 3 is 2.67 bits per heavy atom. The molecule has 3 N–H and O–H groups in total. The van der Waals surface area contributed by atoms with E-state index in [4.69, 9.17) is 21.1 Å². The molecule has 14 heteroatoms. The van der Waals surface area contributed by atoms with Gasteiger partial charge in [-0.2, -0.15) is 13.2 Å². The highest BCUT2D eigenvalue weighted by Gasteiger charge is 2.39. The lowest BCUT2D eigenvalue weighted by Crippen LogP contribution is -2.64. The number of β-amino-alcohol motifs (C(OH)–C–C–N with tert-alkyl or cyclic N) is 1. The number of anilines is 1. The molecule has 3 aromatic heterocycles. The Hall–Kier alpha value is -3.68. The standard InChI is InChI=1S/C28H30ClF3N6O4/c1-2-41-26-18(4-3-9-35-26)20-5-6-22(24(37-20)25(39)36-16-27(40)14-34-15-27)42-17-7-10-38(11-8-17)21-13-33-12-19(29)23(21)28(30,31)32/h3-6,9,12-13,17,34,40H,2,7-8,10-11,14-16H2,1H3,(H,36,39). The monoisotopic (exact) mass is 606 g/mol. The minimum Gasteiger partial charge on any atom is -0.488 e. The van der Waals surface area contributed by atoms with Crippen molar-refractivity contribution in [2.75, 3.05) is 44.2 Å². The van der Waals surface area contributed by atoms with Gasteiger partial charge in [-0.3, -0.25) is 9.78 Å². The molecule has 1 amide bonds. The van der Waals surface area contributed by atoms with Crippen LogP contribution in [-0.4, -0.2) is 77.0 Å². The number of hydrogen-bond acceptors (Lipinski definition) is 9. The van der Waals surface area contributed by atoms with Crippen LogP contribution in [0.25, 0.3) is 11.3 Å². The number of halogens is 4. The molecule has 2 aliphatic rings. The summed E-state index contributed by atoms with van der Waals surface area (Å²) in [4.78, 5) is 27.6. The van der Waals surface area contributed by atoms with Gasteiger partial charge in [-0.05, 0) is 31.2 Å². The van der Waals surface area contributed by atoms with Crippen molar-refractivity contribution in [3.8, 4) is 22.9 Å². The normalized spacial score (nSPS) is 17.0. The molecule has 42 heavy (non-hydrogen) atoms. The lowest BCUT2D eigenvalue weighted by molar-refractivity contribution is -0.137. The smallest absolute Gasteiger partial charge is 0.419 e. The summed E-state index contributed by atoms with van der Waals surface area (Å²) < 4.78 is 52.9. The average Bonchev–Trinajstić information content (AvgIpc) is 2.95. The molecule has 0 saturated carbocycles. The predicted octanol–water partition coefficient (Wildman–Crippen LogP) is 3.72. The number of pyridine rings is 3. The lowest BCUT2D eigenvalue weighted by Gasteiger charge is -2.37. The van der Waals surface area contributed by atoms with Gasteiger partial charge in [0.05, 0.1) is 34.8 Å². The van der Waals surface area contributed by atoms with Crippen molar-refractivity contribution in [2.24, 2.45) is 0 Å². The number of aliphatic hydroxyl groups is 1. The van der Waals surface area contributed by atoms with Crippen LogP contribution in [-0.2, 0) is 6.18 Å². The molecular weight excluding hydrogens is 577 g/mol. The predicted molar refractivity (Wildman–Crippen MR) is 149 cm³/mol. The number of nitrogens with one attached hydrogen (secondary N) is 2. The van der Waals surface area contributed by atoms with E-state index in [-0.39, 0.29) is 42.9 Å². The van der Waals surface area contributed by atoms with Crippen molar-refractivity contribution in [1.82, 2.24) is 25.6 Å². The molecule has 5 heterocycles. The van der Waals surface area contributed by atoms with E-state index in [9.17, 15) is 23.1 Å². The number of ether oxygens (including phenoxy) is 2. The van der Waals surface area contributed by atoms with Gasteiger partial charge in [-0.15, -0.1) is 0 Å². The molecule has 0 spiro atoms. The number of rotatable bonds is 9.